The van der Waals surface area contributed by atoms with Gasteiger partial charge in [-0.25, -0.2) is 4.39 Å². The molecule has 2 aromatic carbocycles. The van der Waals surface area contributed by atoms with Crippen molar-refractivity contribution in [3.05, 3.63) is 65.8 Å². The predicted molar refractivity (Wildman–Crippen MR) is 106 cm³/mol. The third-order valence-electron chi connectivity index (χ3n) is 4.75. The number of hydrogen-bond acceptors (Lipinski definition) is 6. The number of rotatable bonds is 6. The lowest BCUT2D eigenvalue weighted by Gasteiger charge is -2.15. The number of para-hydroxylation sites is 1. The summed E-state index contributed by atoms with van der Waals surface area (Å²) in [5.41, 5.74) is 1.52. The molecule has 0 aliphatic carbocycles. The van der Waals surface area contributed by atoms with Crippen LogP contribution in [-0.2, 0) is 9.59 Å². The van der Waals surface area contributed by atoms with Crippen LogP contribution in [-0.4, -0.2) is 35.2 Å². The van der Waals surface area contributed by atoms with E-state index in [9.17, 15) is 14.0 Å². The Kier molecular flexibility index (Phi) is 5.42. The lowest BCUT2D eigenvalue weighted by Crippen LogP contribution is -2.24. The fourth-order valence-corrected chi connectivity index (χ4v) is 3.21. The summed E-state index contributed by atoms with van der Waals surface area (Å²) < 4.78 is 24.1. The molecule has 1 N–H and O–H groups in total. The maximum atomic E-state index is 13.1. The Hall–Kier alpha value is -3.75. The van der Waals surface area contributed by atoms with Gasteiger partial charge >= 0.3 is 6.01 Å². The molecule has 2 amide bonds. The molecular weight excluding hydrogens is 391 g/mol. The zero-order valence-corrected chi connectivity index (χ0v) is 16.2. The lowest BCUT2D eigenvalue weighted by atomic mass is 10.1. The highest BCUT2D eigenvalue weighted by molar-refractivity contribution is 5.96. The smallest absolute Gasteiger partial charge is 0.322 e. The molecule has 0 radical (unpaired) electrons. The Morgan fingerprint density at radius 2 is 2.00 bits per heavy atom. The fraction of sp³-hybridized carbons (Fsp3) is 0.238. The molecule has 9 heteroatoms. The van der Waals surface area contributed by atoms with Crippen molar-refractivity contribution >= 4 is 23.5 Å². The van der Waals surface area contributed by atoms with Crippen molar-refractivity contribution < 1.29 is 23.1 Å². The second-order valence-corrected chi connectivity index (χ2v) is 6.93. The Morgan fingerprint density at radius 1 is 1.23 bits per heavy atom. The van der Waals surface area contributed by atoms with Gasteiger partial charge in [-0.15, -0.1) is 5.10 Å². The fourth-order valence-electron chi connectivity index (χ4n) is 3.21. The van der Waals surface area contributed by atoms with E-state index in [1.54, 1.807) is 23.1 Å². The van der Waals surface area contributed by atoms with Gasteiger partial charge in [0.05, 0.1) is 5.92 Å². The van der Waals surface area contributed by atoms with Gasteiger partial charge in [-0.1, -0.05) is 23.3 Å². The van der Waals surface area contributed by atoms with Gasteiger partial charge < -0.3 is 14.1 Å². The number of nitrogens with zero attached hydrogens (tertiary/aromatic N) is 3. The third-order valence-corrected chi connectivity index (χ3v) is 4.75. The van der Waals surface area contributed by atoms with Crippen LogP contribution in [0.5, 0.6) is 5.75 Å². The Morgan fingerprint density at radius 3 is 2.77 bits per heavy atom. The maximum absolute atomic E-state index is 13.1. The third kappa shape index (κ3) is 4.29. The minimum Gasteiger partial charge on any atom is -0.483 e. The van der Waals surface area contributed by atoms with Crippen LogP contribution in [0.25, 0.3) is 0 Å². The molecule has 4 rings (SSSR count). The van der Waals surface area contributed by atoms with Crippen molar-refractivity contribution in [3.8, 4) is 5.75 Å². The molecular formula is C21H19FN4O4. The van der Waals surface area contributed by atoms with Crippen molar-refractivity contribution in [2.45, 2.75) is 19.3 Å². The standard InChI is InChI=1S/C21H19FN4O4/c1-13-4-2-3-5-17(13)29-12-18(27)23-21-25-24-20(30-21)14-10-19(28)26(11-14)16-8-6-15(22)7-9-16/h2-9,14H,10-12H2,1H3,(H,23,25,27)/t14-/m0/s1. The predicted octanol–water partition coefficient (Wildman–Crippen LogP) is 3.06. The van der Waals surface area contributed by atoms with Gasteiger partial charge in [-0.3, -0.25) is 14.9 Å². The average Bonchev–Trinajstić information content (AvgIpc) is 3.34. The zero-order valence-electron chi connectivity index (χ0n) is 16.2. The first-order chi connectivity index (χ1) is 14.5. The molecule has 0 saturated carbocycles. The van der Waals surface area contributed by atoms with E-state index < -0.39 is 5.91 Å². The quantitative estimate of drug-likeness (QED) is 0.671. The molecule has 1 aliphatic heterocycles. The number of benzene rings is 2. The van der Waals surface area contributed by atoms with E-state index in [1.807, 2.05) is 25.1 Å². The van der Waals surface area contributed by atoms with Crippen molar-refractivity contribution in [1.29, 1.82) is 0 Å². The lowest BCUT2D eigenvalue weighted by molar-refractivity contribution is -0.118. The van der Waals surface area contributed by atoms with Crippen molar-refractivity contribution in [2.75, 3.05) is 23.4 Å². The van der Waals surface area contributed by atoms with Crippen LogP contribution in [0.15, 0.2) is 52.9 Å². The summed E-state index contributed by atoms with van der Waals surface area (Å²) >= 11 is 0. The molecule has 2 heterocycles. The van der Waals surface area contributed by atoms with Crippen LogP contribution < -0.4 is 15.0 Å². The van der Waals surface area contributed by atoms with E-state index >= 15 is 0 Å². The molecule has 1 saturated heterocycles. The highest BCUT2D eigenvalue weighted by atomic mass is 19.1. The van der Waals surface area contributed by atoms with Crippen LogP contribution in [0.1, 0.15) is 23.8 Å². The summed E-state index contributed by atoms with van der Waals surface area (Å²) in [6.07, 6.45) is 0.184. The number of carbonyl (C=O) groups is 2. The molecule has 0 bridgehead atoms. The van der Waals surface area contributed by atoms with E-state index in [2.05, 4.69) is 15.5 Å². The molecule has 30 heavy (non-hydrogen) atoms. The molecule has 3 aromatic rings. The Bertz CT molecular complexity index is 1070. The monoisotopic (exact) mass is 410 g/mol. The van der Waals surface area contributed by atoms with Gasteiger partial charge in [0.15, 0.2) is 6.61 Å². The minimum absolute atomic E-state index is 0.0592. The largest absolute Gasteiger partial charge is 0.483 e. The van der Waals surface area contributed by atoms with Gasteiger partial charge in [0, 0.05) is 18.7 Å². The van der Waals surface area contributed by atoms with E-state index in [4.69, 9.17) is 9.15 Å². The van der Waals surface area contributed by atoms with Gasteiger partial charge in [-0.05, 0) is 42.8 Å². The van der Waals surface area contributed by atoms with E-state index in [0.29, 0.717) is 18.0 Å². The number of halogens is 1. The topological polar surface area (TPSA) is 97.6 Å². The molecule has 0 spiro atoms. The van der Waals surface area contributed by atoms with E-state index in [-0.39, 0.29) is 42.6 Å². The molecule has 1 atom stereocenters. The van der Waals surface area contributed by atoms with Crippen LogP contribution in [0, 0.1) is 12.7 Å². The summed E-state index contributed by atoms with van der Waals surface area (Å²) in [6.45, 7) is 2.01. The number of aryl methyl sites for hydroxylation is 1. The maximum Gasteiger partial charge on any atom is 0.322 e. The summed E-state index contributed by atoms with van der Waals surface area (Å²) in [5.74, 6) is -0.382. The van der Waals surface area contributed by atoms with Crippen molar-refractivity contribution in [3.63, 3.8) is 0 Å². The number of anilines is 2. The van der Waals surface area contributed by atoms with Gasteiger partial charge in [-0.2, -0.15) is 0 Å². The van der Waals surface area contributed by atoms with Crippen LogP contribution in [0.2, 0.25) is 0 Å². The summed E-state index contributed by atoms with van der Waals surface area (Å²) in [7, 11) is 0. The molecule has 8 nitrogen and oxygen atoms in total. The normalized spacial score (nSPS) is 16.0. The first kappa shape index (κ1) is 19.6. The van der Waals surface area contributed by atoms with Gasteiger partial charge in [0.25, 0.3) is 5.91 Å². The molecule has 1 fully saturated rings. The number of carbonyl (C=O) groups excluding carboxylic acids is 2. The van der Waals surface area contributed by atoms with E-state index in [1.165, 1.54) is 12.1 Å². The first-order valence-electron chi connectivity index (χ1n) is 9.37. The summed E-state index contributed by atoms with van der Waals surface area (Å²) in [5, 5.41) is 10.3. The first-order valence-corrected chi connectivity index (χ1v) is 9.37. The van der Waals surface area contributed by atoms with Crippen LogP contribution >= 0.6 is 0 Å². The Balaban J connectivity index is 1.35. The SMILES string of the molecule is Cc1ccccc1OCC(=O)Nc1nnc([C@H]2CC(=O)N(c3ccc(F)cc3)C2)o1. The second-order valence-electron chi connectivity index (χ2n) is 6.93. The van der Waals surface area contributed by atoms with Gasteiger partial charge in [0.1, 0.15) is 11.6 Å². The van der Waals surface area contributed by atoms with E-state index in [0.717, 1.165) is 5.56 Å². The highest BCUT2D eigenvalue weighted by Gasteiger charge is 2.35. The Labute approximate surface area is 171 Å². The number of aromatic nitrogens is 2. The zero-order chi connectivity index (χ0) is 21.1. The van der Waals surface area contributed by atoms with Crippen molar-refractivity contribution in [1.82, 2.24) is 10.2 Å². The average molecular weight is 410 g/mol. The van der Waals surface area contributed by atoms with Crippen LogP contribution in [0.4, 0.5) is 16.1 Å². The number of hydrogen-bond donors (Lipinski definition) is 1. The van der Waals surface area contributed by atoms with Gasteiger partial charge in [0.2, 0.25) is 11.8 Å². The summed E-state index contributed by atoms with van der Waals surface area (Å²) in [6, 6.07) is 13.0. The molecule has 1 aromatic heterocycles. The molecule has 0 unspecified atom stereocenters. The minimum atomic E-state index is -0.441. The van der Waals surface area contributed by atoms with Crippen LogP contribution in [0.3, 0.4) is 0 Å². The molecule has 1 aliphatic rings. The molecule has 154 valence electrons. The summed E-state index contributed by atoms with van der Waals surface area (Å²) in [4.78, 5) is 26.0. The number of amides is 2. The number of ether oxygens (including phenoxy) is 1. The highest BCUT2D eigenvalue weighted by Crippen LogP contribution is 2.31. The second kappa shape index (κ2) is 8.32. The number of nitrogens with one attached hydrogen (secondary N) is 1. The van der Waals surface area contributed by atoms with Crippen molar-refractivity contribution in [2.24, 2.45) is 0 Å².